The minimum atomic E-state index is -0.385. The minimum absolute atomic E-state index is 0.0207. The Morgan fingerprint density at radius 1 is 1.20 bits per heavy atom. The van der Waals surface area contributed by atoms with Gasteiger partial charge in [0.15, 0.2) is 0 Å². The molecule has 0 bridgehead atoms. The molecule has 0 atom stereocenters. The van der Waals surface area contributed by atoms with Crippen molar-refractivity contribution >= 4 is 23.7 Å². The molecular formula is C11H16N6O3. The number of hydrogen-bond acceptors (Lipinski definition) is 8. The van der Waals surface area contributed by atoms with Gasteiger partial charge in [-0.25, -0.2) is 0 Å². The van der Waals surface area contributed by atoms with E-state index in [9.17, 15) is 9.59 Å². The van der Waals surface area contributed by atoms with Crippen molar-refractivity contribution in [3.63, 3.8) is 0 Å². The van der Waals surface area contributed by atoms with Crippen molar-refractivity contribution in [2.75, 3.05) is 36.5 Å². The SMILES string of the molecule is CCNc1nc(OCC)nc(N2CC(=O)NC(=O)C2)n1. The van der Waals surface area contributed by atoms with E-state index < -0.39 is 0 Å². The lowest BCUT2D eigenvalue weighted by molar-refractivity contribution is -0.130. The van der Waals surface area contributed by atoms with Crippen LogP contribution in [0.5, 0.6) is 6.01 Å². The molecule has 1 saturated heterocycles. The maximum Gasteiger partial charge on any atom is 0.323 e. The summed E-state index contributed by atoms with van der Waals surface area (Å²) in [6, 6.07) is 0.159. The number of carbonyl (C=O) groups is 2. The molecule has 0 saturated carbocycles. The molecule has 0 spiro atoms. The van der Waals surface area contributed by atoms with E-state index in [2.05, 4.69) is 25.6 Å². The number of anilines is 2. The van der Waals surface area contributed by atoms with Crippen molar-refractivity contribution in [2.45, 2.75) is 13.8 Å². The second kappa shape index (κ2) is 6.13. The van der Waals surface area contributed by atoms with Gasteiger partial charge in [-0.05, 0) is 13.8 Å². The normalized spacial score (nSPS) is 15.0. The molecule has 1 fully saturated rings. The van der Waals surface area contributed by atoms with Gasteiger partial charge in [-0.2, -0.15) is 15.0 Å². The molecular weight excluding hydrogens is 264 g/mol. The number of nitrogens with zero attached hydrogens (tertiary/aromatic N) is 4. The predicted molar refractivity (Wildman–Crippen MR) is 70.5 cm³/mol. The van der Waals surface area contributed by atoms with E-state index >= 15 is 0 Å². The Hall–Kier alpha value is -2.45. The van der Waals surface area contributed by atoms with Crippen molar-refractivity contribution in [3.05, 3.63) is 0 Å². The zero-order chi connectivity index (χ0) is 14.5. The first-order valence-corrected chi connectivity index (χ1v) is 6.32. The van der Waals surface area contributed by atoms with Gasteiger partial charge in [0.2, 0.25) is 23.7 Å². The van der Waals surface area contributed by atoms with Crippen molar-refractivity contribution in [1.82, 2.24) is 20.3 Å². The number of imide groups is 1. The monoisotopic (exact) mass is 280 g/mol. The second-order valence-electron chi connectivity index (χ2n) is 4.03. The van der Waals surface area contributed by atoms with Gasteiger partial charge in [-0.3, -0.25) is 14.9 Å². The van der Waals surface area contributed by atoms with Gasteiger partial charge >= 0.3 is 6.01 Å². The summed E-state index contributed by atoms with van der Waals surface area (Å²) in [6.45, 7) is 4.80. The molecule has 0 radical (unpaired) electrons. The molecule has 2 heterocycles. The highest BCUT2D eigenvalue weighted by Gasteiger charge is 2.25. The average Bonchev–Trinajstić information content (AvgIpc) is 2.38. The molecule has 9 heteroatoms. The van der Waals surface area contributed by atoms with Crippen LogP contribution in [0.3, 0.4) is 0 Å². The fourth-order valence-electron chi connectivity index (χ4n) is 1.70. The Labute approximate surface area is 115 Å². The van der Waals surface area contributed by atoms with Crippen molar-refractivity contribution in [1.29, 1.82) is 0 Å². The fourth-order valence-corrected chi connectivity index (χ4v) is 1.70. The highest BCUT2D eigenvalue weighted by molar-refractivity contribution is 6.02. The van der Waals surface area contributed by atoms with Crippen molar-refractivity contribution in [2.24, 2.45) is 0 Å². The highest BCUT2D eigenvalue weighted by Crippen LogP contribution is 2.15. The molecule has 9 nitrogen and oxygen atoms in total. The van der Waals surface area contributed by atoms with Crippen molar-refractivity contribution in [3.8, 4) is 6.01 Å². The van der Waals surface area contributed by atoms with Crippen LogP contribution in [-0.2, 0) is 9.59 Å². The lowest BCUT2D eigenvalue weighted by Gasteiger charge is -2.25. The van der Waals surface area contributed by atoms with Gasteiger partial charge in [-0.15, -0.1) is 0 Å². The van der Waals surface area contributed by atoms with Crippen LogP contribution in [0.15, 0.2) is 0 Å². The van der Waals surface area contributed by atoms with E-state index in [1.807, 2.05) is 13.8 Å². The van der Waals surface area contributed by atoms with Crippen LogP contribution in [-0.4, -0.2) is 53.0 Å². The van der Waals surface area contributed by atoms with E-state index in [0.717, 1.165) is 0 Å². The van der Waals surface area contributed by atoms with Crippen LogP contribution in [0, 0.1) is 0 Å². The number of aromatic nitrogens is 3. The van der Waals surface area contributed by atoms with Crippen LogP contribution < -0.4 is 20.3 Å². The zero-order valence-corrected chi connectivity index (χ0v) is 11.3. The third-order valence-electron chi connectivity index (χ3n) is 2.44. The number of hydrogen-bond donors (Lipinski definition) is 2. The maximum absolute atomic E-state index is 11.4. The number of piperazine rings is 1. The van der Waals surface area contributed by atoms with Crippen LogP contribution in [0.4, 0.5) is 11.9 Å². The summed E-state index contributed by atoms with van der Waals surface area (Å²) >= 11 is 0. The van der Waals surface area contributed by atoms with Crippen molar-refractivity contribution < 1.29 is 14.3 Å². The molecule has 20 heavy (non-hydrogen) atoms. The van der Waals surface area contributed by atoms with E-state index in [-0.39, 0.29) is 36.9 Å². The van der Waals surface area contributed by atoms with Gasteiger partial charge < -0.3 is 15.0 Å². The molecule has 2 N–H and O–H groups in total. The first-order chi connectivity index (χ1) is 9.62. The molecule has 1 aliphatic heterocycles. The summed E-state index contributed by atoms with van der Waals surface area (Å²) in [6.07, 6.45) is 0. The number of nitrogens with one attached hydrogen (secondary N) is 2. The molecule has 0 aromatic carbocycles. The van der Waals surface area contributed by atoms with E-state index in [1.54, 1.807) is 0 Å². The quantitative estimate of drug-likeness (QED) is 0.672. The Bertz CT molecular complexity index is 481. The third-order valence-corrected chi connectivity index (χ3v) is 2.44. The number of rotatable bonds is 5. The van der Waals surface area contributed by atoms with E-state index in [4.69, 9.17) is 4.74 Å². The topological polar surface area (TPSA) is 109 Å². The zero-order valence-electron chi connectivity index (χ0n) is 11.3. The summed E-state index contributed by atoms with van der Waals surface area (Å²) in [7, 11) is 0. The number of ether oxygens (including phenoxy) is 1. The van der Waals surface area contributed by atoms with E-state index in [1.165, 1.54) is 4.90 Å². The van der Waals surface area contributed by atoms with E-state index in [0.29, 0.717) is 19.1 Å². The molecule has 2 amide bonds. The fraction of sp³-hybridized carbons (Fsp3) is 0.545. The first kappa shape index (κ1) is 14.0. The van der Waals surface area contributed by atoms with Crippen LogP contribution in [0.2, 0.25) is 0 Å². The first-order valence-electron chi connectivity index (χ1n) is 6.32. The average molecular weight is 280 g/mol. The highest BCUT2D eigenvalue weighted by atomic mass is 16.5. The van der Waals surface area contributed by atoms with Gasteiger partial charge in [0.05, 0.1) is 6.61 Å². The Morgan fingerprint density at radius 2 is 1.90 bits per heavy atom. The number of amides is 2. The summed E-state index contributed by atoms with van der Waals surface area (Å²) < 4.78 is 5.26. The standard InChI is InChI=1S/C11H16N6O3/c1-3-12-9-14-10(16-11(15-9)20-4-2)17-5-7(18)13-8(19)6-17/h3-6H2,1-2H3,(H,13,18,19)(H,12,14,15,16). The van der Waals surface area contributed by atoms with Crippen LogP contribution in [0.25, 0.3) is 0 Å². The Balaban J connectivity index is 2.28. The van der Waals surface area contributed by atoms with Gasteiger partial charge in [-0.1, -0.05) is 0 Å². The number of carbonyl (C=O) groups excluding carboxylic acids is 2. The van der Waals surface area contributed by atoms with Gasteiger partial charge in [0.1, 0.15) is 13.1 Å². The third kappa shape index (κ3) is 3.31. The molecule has 108 valence electrons. The Morgan fingerprint density at radius 3 is 2.50 bits per heavy atom. The smallest absolute Gasteiger partial charge is 0.323 e. The lowest BCUT2D eigenvalue weighted by atomic mass is 10.3. The minimum Gasteiger partial charge on any atom is -0.464 e. The molecule has 1 aliphatic rings. The molecule has 1 aromatic heterocycles. The molecule has 2 rings (SSSR count). The second-order valence-corrected chi connectivity index (χ2v) is 4.03. The largest absolute Gasteiger partial charge is 0.464 e. The van der Waals surface area contributed by atoms with Crippen LogP contribution in [0.1, 0.15) is 13.8 Å². The predicted octanol–water partition coefficient (Wildman–Crippen LogP) is -0.835. The molecule has 1 aromatic rings. The lowest BCUT2D eigenvalue weighted by Crippen LogP contribution is -2.52. The summed E-state index contributed by atoms with van der Waals surface area (Å²) in [5.74, 6) is -0.184. The summed E-state index contributed by atoms with van der Waals surface area (Å²) in [5.41, 5.74) is 0. The summed E-state index contributed by atoms with van der Waals surface area (Å²) in [5, 5.41) is 5.17. The molecule has 0 unspecified atom stereocenters. The molecule has 0 aliphatic carbocycles. The summed E-state index contributed by atoms with van der Waals surface area (Å²) in [4.78, 5) is 36.6. The van der Waals surface area contributed by atoms with Crippen LogP contribution >= 0.6 is 0 Å². The maximum atomic E-state index is 11.4. The van der Waals surface area contributed by atoms with Gasteiger partial charge in [0.25, 0.3) is 0 Å². The Kier molecular flexibility index (Phi) is 4.28. The van der Waals surface area contributed by atoms with Gasteiger partial charge in [0, 0.05) is 6.54 Å².